The maximum Gasteiger partial charge on any atom is 0.277 e. The third-order valence-electron chi connectivity index (χ3n) is 4.71. The van der Waals surface area contributed by atoms with Crippen LogP contribution in [0.25, 0.3) is 0 Å². The maximum atomic E-state index is 11.8. The standard InChI is InChI=1S/C20H22N6O3S/c1-13-12-21-20(24-17(13)23-19-16(6-11-30-19)18(27)25-28)22-14-2-4-15(5-3-14)26-7-9-29-10-8-26/h2-6,11-12,28H,7-10H2,1H3,(H,25,27)(H2,21,22,23,24). The van der Waals surface area contributed by atoms with Crippen molar-refractivity contribution in [2.24, 2.45) is 0 Å². The second kappa shape index (κ2) is 9.08. The van der Waals surface area contributed by atoms with E-state index in [-0.39, 0.29) is 0 Å². The molecular weight excluding hydrogens is 404 g/mol. The minimum atomic E-state index is -0.579. The molecule has 0 atom stereocenters. The summed E-state index contributed by atoms with van der Waals surface area (Å²) in [6, 6.07) is 9.73. The zero-order chi connectivity index (χ0) is 20.9. The fourth-order valence-corrected chi connectivity index (χ4v) is 3.87. The van der Waals surface area contributed by atoms with Gasteiger partial charge < -0.3 is 20.3 Å². The van der Waals surface area contributed by atoms with Gasteiger partial charge in [0.2, 0.25) is 5.95 Å². The predicted molar refractivity (Wildman–Crippen MR) is 116 cm³/mol. The Balaban J connectivity index is 1.48. The molecule has 0 unspecified atom stereocenters. The SMILES string of the molecule is Cc1cnc(Nc2ccc(N3CCOCC3)cc2)nc1Nc1sccc1C(=O)NO. The van der Waals surface area contributed by atoms with Gasteiger partial charge in [-0.1, -0.05) is 0 Å². The molecule has 2 aromatic heterocycles. The van der Waals surface area contributed by atoms with Crippen LogP contribution in [0, 0.1) is 6.92 Å². The first kappa shape index (κ1) is 20.1. The highest BCUT2D eigenvalue weighted by atomic mass is 32.1. The number of thiophene rings is 1. The van der Waals surface area contributed by atoms with E-state index in [9.17, 15) is 4.79 Å². The van der Waals surface area contributed by atoms with Crippen LogP contribution in [0.2, 0.25) is 0 Å². The molecule has 1 aliphatic rings. The van der Waals surface area contributed by atoms with Crippen LogP contribution in [0.15, 0.2) is 41.9 Å². The smallest absolute Gasteiger partial charge is 0.277 e. The van der Waals surface area contributed by atoms with E-state index in [4.69, 9.17) is 9.94 Å². The van der Waals surface area contributed by atoms with E-state index in [1.807, 2.05) is 19.1 Å². The number of hydroxylamine groups is 1. The first-order valence-corrected chi connectivity index (χ1v) is 10.3. The lowest BCUT2D eigenvalue weighted by Crippen LogP contribution is -2.36. The summed E-state index contributed by atoms with van der Waals surface area (Å²) in [6.45, 7) is 5.16. The molecular formula is C20H22N6O3S. The van der Waals surface area contributed by atoms with Crippen LogP contribution in [0.5, 0.6) is 0 Å². The molecule has 4 rings (SSSR count). The van der Waals surface area contributed by atoms with Crippen molar-refractivity contribution in [3.8, 4) is 0 Å². The van der Waals surface area contributed by atoms with Gasteiger partial charge in [0.25, 0.3) is 5.91 Å². The van der Waals surface area contributed by atoms with Gasteiger partial charge in [-0.15, -0.1) is 11.3 Å². The number of hydrogen-bond acceptors (Lipinski definition) is 9. The quantitative estimate of drug-likeness (QED) is 0.351. The highest BCUT2D eigenvalue weighted by Crippen LogP contribution is 2.28. The molecule has 0 aliphatic carbocycles. The molecule has 3 heterocycles. The molecule has 3 aromatic rings. The molecule has 156 valence electrons. The van der Waals surface area contributed by atoms with Gasteiger partial charge in [0.05, 0.1) is 18.8 Å². The van der Waals surface area contributed by atoms with Crippen molar-refractivity contribution >= 4 is 45.4 Å². The molecule has 1 aromatic carbocycles. The van der Waals surface area contributed by atoms with Gasteiger partial charge in [-0.05, 0) is 42.6 Å². The first-order chi connectivity index (χ1) is 14.6. The lowest BCUT2D eigenvalue weighted by molar-refractivity contribution is 0.0707. The van der Waals surface area contributed by atoms with E-state index in [0.717, 1.165) is 43.2 Å². The molecule has 1 amide bonds. The van der Waals surface area contributed by atoms with E-state index in [1.165, 1.54) is 11.3 Å². The number of anilines is 5. The third kappa shape index (κ3) is 4.51. The zero-order valence-electron chi connectivity index (χ0n) is 16.4. The Kier molecular flexibility index (Phi) is 6.07. The second-order valence-corrected chi connectivity index (χ2v) is 7.64. The van der Waals surface area contributed by atoms with Crippen LogP contribution in [0.3, 0.4) is 0 Å². The topological polar surface area (TPSA) is 112 Å². The van der Waals surface area contributed by atoms with Crippen molar-refractivity contribution in [2.45, 2.75) is 6.92 Å². The summed E-state index contributed by atoms with van der Waals surface area (Å²) >= 11 is 1.34. The Hall–Kier alpha value is -3.21. The lowest BCUT2D eigenvalue weighted by Gasteiger charge is -2.28. The molecule has 4 N–H and O–H groups in total. The molecule has 0 spiro atoms. The highest BCUT2D eigenvalue weighted by molar-refractivity contribution is 7.14. The van der Waals surface area contributed by atoms with Gasteiger partial charge in [-0.3, -0.25) is 10.0 Å². The van der Waals surface area contributed by atoms with E-state index in [2.05, 4.69) is 37.6 Å². The number of carbonyl (C=O) groups is 1. The fraction of sp³-hybridized carbons (Fsp3) is 0.250. The van der Waals surface area contributed by atoms with Crippen molar-refractivity contribution in [3.05, 3.63) is 53.0 Å². The third-order valence-corrected chi connectivity index (χ3v) is 5.54. The van der Waals surface area contributed by atoms with Crippen molar-refractivity contribution in [1.29, 1.82) is 0 Å². The number of nitrogens with one attached hydrogen (secondary N) is 3. The van der Waals surface area contributed by atoms with Gasteiger partial charge in [0.15, 0.2) is 0 Å². The van der Waals surface area contributed by atoms with Crippen LogP contribution in [-0.4, -0.2) is 47.4 Å². The predicted octanol–water partition coefficient (Wildman–Crippen LogP) is 3.29. The van der Waals surface area contributed by atoms with Crippen LogP contribution >= 0.6 is 11.3 Å². The summed E-state index contributed by atoms with van der Waals surface area (Å²) in [4.78, 5) is 22.9. The highest BCUT2D eigenvalue weighted by Gasteiger charge is 2.15. The van der Waals surface area contributed by atoms with Crippen LogP contribution in [-0.2, 0) is 4.74 Å². The average Bonchev–Trinajstić information content (AvgIpc) is 3.25. The monoisotopic (exact) mass is 426 g/mol. The normalized spacial score (nSPS) is 13.7. The molecule has 30 heavy (non-hydrogen) atoms. The number of hydrogen-bond donors (Lipinski definition) is 4. The summed E-state index contributed by atoms with van der Waals surface area (Å²) in [5.74, 6) is 0.433. The molecule has 0 saturated carbocycles. The minimum Gasteiger partial charge on any atom is -0.378 e. The van der Waals surface area contributed by atoms with Gasteiger partial charge >= 0.3 is 0 Å². The first-order valence-electron chi connectivity index (χ1n) is 9.46. The fourth-order valence-electron chi connectivity index (χ4n) is 3.09. The number of carbonyl (C=O) groups excluding carboxylic acids is 1. The summed E-state index contributed by atoms with van der Waals surface area (Å²) in [7, 11) is 0. The van der Waals surface area contributed by atoms with Crippen molar-refractivity contribution < 1.29 is 14.7 Å². The Morgan fingerprint density at radius 1 is 1.17 bits per heavy atom. The Bertz CT molecular complexity index is 1020. The van der Waals surface area contributed by atoms with E-state index in [1.54, 1.807) is 23.1 Å². The van der Waals surface area contributed by atoms with Gasteiger partial charge in [0, 0.05) is 36.2 Å². The van der Waals surface area contributed by atoms with E-state index < -0.39 is 5.91 Å². The van der Waals surface area contributed by atoms with Crippen LogP contribution in [0.4, 0.5) is 28.1 Å². The number of nitrogens with zero attached hydrogens (tertiary/aromatic N) is 3. The number of amides is 1. The molecule has 1 aliphatic heterocycles. The molecule has 1 fully saturated rings. The molecule has 1 saturated heterocycles. The molecule has 0 bridgehead atoms. The van der Waals surface area contributed by atoms with Crippen molar-refractivity contribution in [2.75, 3.05) is 41.8 Å². The Labute approximate surface area is 177 Å². The van der Waals surface area contributed by atoms with Crippen molar-refractivity contribution in [3.63, 3.8) is 0 Å². The summed E-state index contributed by atoms with van der Waals surface area (Å²) < 4.78 is 5.40. The number of ether oxygens (including phenoxy) is 1. The average molecular weight is 427 g/mol. The Morgan fingerprint density at radius 2 is 1.93 bits per heavy atom. The van der Waals surface area contributed by atoms with Crippen LogP contribution in [0.1, 0.15) is 15.9 Å². The van der Waals surface area contributed by atoms with Crippen molar-refractivity contribution in [1.82, 2.24) is 15.4 Å². The molecule has 0 radical (unpaired) electrons. The minimum absolute atomic E-state index is 0.341. The Morgan fingerprint density at radius 3 is 2.67 bits per heavy atom. The maximum absolute atomic E-state index is 11.8. The number of benzene rings is 1. The largest absolute Gasteiger partial charge is 0.378 e. The van der Waals surface area contributed by atoms with E-state index >= 15 is 0 Å². The number of aromatic nitrogens is 2. The summed E-state index contributed by atoms with van der Waals surface area (Å²) in [5, 5.41) is 17.6. The summed E-state index contributed by atoms with van der Waals surface area (Å²) in [6.07, 6.45) is 1.71. The summed E-state index contributed by atoms with van der Waals surface area (Å²) in [5.41, 5.74) is 4.85. The van der Waals surface area contributed by atoms with Gasteiger partial charge in [-0.2, -0.15) is 4.98 Å². The molecule has 10 heteroatoms. The number of morpholine rings is 1. The van der Waals surface area contributed by atoms with E-state index in [0.29, 0.717) is 22.3 Å². The van der Waals surface area contributed by atoms with Gasteiger partial charge in [0.1, 0.15) is 10.8 Å². The zero-order valence-corrected chi connectivity index (χ0v) is 17.2. The van der Waals surface area contributed by atoms with Crippen LogP contribution < -0.4 is 21.0 Å². The molecule has 9 nitrogen and oxygen atoms in total. The lowest BCUT2D eigenvalue weighted by atomic mass is 10.2. The number of aryl methyl sites for hydroxylation is 1. The number of rotatable bonds is 6. The van der Waals surface area contributed by atoms with Gasteiger partial charge in [-0.25, -0.2) is 10.5 Å². The second-order valence-electron chi connectivity index (χ2n) is 6.73.